The average molecular weight is 630 g/mol. The van der Waals surface area contributed by atoms with Crippen molar-refractivity contribution >= 4 is 14.0 Å². The predicted molar refractivity (Wildman–Crippen MR) is 143 cm³/mol. The van der Waals surface area contributed by atoms with Crippen LogP contribution in [0.1, 0.15) is 13.8 Å². The van der Waals surface area contributed by atoms with Gasteiger partial charge in [0.1, 0.15) is 67.1 Å². The van der Waals surface area contributed by atoms with E-state index in [-0.39, 0.29) is 6.61 Å². The number of carbonyl (C=O) groups is 1. The lowest BCUT2D eigenvalue weighted by atomic mass is 9.94. The molecule has 0 aliphatic carbocycles. The molecule has 1 amide bonds. The SMILES string of the molecule is CC(=O)N[C@H]1[C@H](OCC[Si](C)(C)C)O[C@H](CO)[C@@H](O[C@@H]2O[C@H](CO)[C@H](O)[C@H](O)[C@H]2O)[C@@H]1O[C@H]1O[C@H](C)[C@H](O)[C@H](O)[C@H]1O. The van der Waals surface area contributed by atoms with E-state index in [2.05, 4.69) is 25.0 Å². The molecule has 0 radical (unpaired) electrons. The first-order valence-corrected chi connectivity index (χ1v) is 17.8. The summed E-state index contributed by atoms with van der Waals surface area (Å²) in [6, 6.07) is -0.442. The van der Waals surface area contributed by atoms with Crippen molar-refractivity contribution in [2.24, 2.45) is 0 Å². The number of ether oxygens (including phenoxy) is 6. The lowest BCUT2D eigenvalue weighted by Crippen LogP contribution is -2.69. The molecule has 9 N–H and O–H groups in total. The summed E-state index contributed by atoms with van der Waals surface area (Å²) in [4.78, 5) is 12.3. The van der Waals surface area contributed by atoms with Gasteiger partial charge in [0.05, 0.1) is 19.3 Å². The van der Waals surface area contributed by atoms with Crippen LogP contribution in [0, 0.1) is 0 Å². The molecule has 42 heavy (non-hydrogen) atoms. The number of hydrogen-bond donors (Lipinski definition) is 9. The van der Waals surface area contributed by atoms with Gasteiger partial charge in [-0.25, -0.2) is 0 Å². The van der Waals surface area contributed by atoms with Crippen molar-refractivity contribution in [1.82, 2.24) is 5.32 Å². The highest BCUT2D eigenvalue weighted by Crippen LogP contribution is 2.34. The molecule has 0 aromatic heterocycles. The second-order valence-corrected chi connectivity index (χ2v) is 17.8. The lowest BCUT2D eigenvalue weighted by molar-refractivity contribution is -0.373. The Bertz CT molecular complexity index is 864. The first-order chi connectivity index (χ1) is 19.6. The zero-order valence-corrected chi connectivity index (χ0v) is 25.4. The Morgan fingerprint density at radius 1 is 0.738 bits per heavy atom. The second-order valence-electron chi connectivity index (χ2n) is 12.2. The molecule has 3 heterocycles. The van der Waals surface area contributed by atoms with Crippen molar-refractivity contribution in [3.8, 4) is 0 Å². The van der Waals surface area contributed by atoms with E-state index in [1.807, 2.05) is 0 Å². The van der Waals surface area contributed by atoms with Crippen LogP contribution < -0.4 is 5.32 Å². The van der Waals surface area contributed by atoms with Crippen LogP contribution in [0.3, 0.4) is 0 Å². The lowest BCUT2D eigenvalue weighted by Gasteiger charge is -2.50. The van der Waals surface area contributed by atoms with Crippen LogP contribution in [0.4, 0.5) is 0 Å². The van der Waals surface area contributed by atoms with Gasteiger partial charge in [0.25, 0.3) is 0 Å². The smallest absolute Gasteiger partial charge is 0.217 e. The van der Waals surface area contributed by atoms with Gasteiger partial charge in [-0.05, 0) is 13.0 Å². The maximum Gasteiger partial charge on any atom is 0.217 e. The molecule has 3 fully saturated rings. The summed E-state index contributed by atoms with van der Waals surface area (Å²) >= 11 is 0. The van der Waals surface area contributed by atoms with E-state index in [4.69, 9.17) is 28.4 Å². The molecular weight excluding hydrogens is 582 g/mol. The van der Waals surface area contributed by atoms with Gasteiger partial charge in [-0.1, -0.05) is 19.6 Å². The van der Waals surface area contributed by atoms with E-state index in [1.54, 1.807) is 0 Å². The molecule has 16 nitrogen and oxygen atoms in total. The molecule has 3 saturated heterocycles. The maximum absolute atomic E-state index is 12.3. The first-order valence-electron chi connectivity index (χ1n) is 14.1. The van der Waals surface area contributed by atoms with Crippen molar-refractivity contribution in [2.75, 3.05) is 19.8 Å². The highest BCUT2D eigenvalue weighted by atomic mass is 28.3. The van der Waals surface area contributed by atoms with E-state index < -0.39 is 119 Å². The quantitative estimate of drug-likeness (QED) is 0.0988. The summed E-state index contributed by atoms with van der Waals surface area (Å²) in [5.41, 5.74) is 0. The Kier molecular flexibility index (Phi) is 12.7. The minimum absolute atomic E-state index is 0.240. The van der Waals surface area contributed by atoms with Crippen molar-refractivity contribution in [1.29, 1.82) is 0 Å². The standard InChI is InChI=1S/C25H47NO15Si/c1-10-15(30)17(32)19(34)24(37-10)41-22-14(26-11(2)29)23(36-6-7-42(3,4)5)39-13(9-28)21(22)40-25-20(35)18(33)16(31)12(8-27)38-25/h10,12-25,27-28,30-35H,6-9H2,1-5H3,(H,26,29)/t10-,12-,13-,14-,15+,16+,17+,18+,19-,20-,21-,22-,23-,24-,25+/m1/s1. The van der Waals surface area contributed by atoms with Crippen LogP contribution >= 0.6 is 0 Å². The minimum atomic E-state index is -1.82. The van der Waals surface area contributed by atoms with Crippen LogP contribution in [0.25, 0.3) is 0 Å². The third-order valence-electron chi connectivity index (χ3n) is 7.57. The highest BCUT2D eigenvalue weighted by Gasteiger charge is 2.54. The zero-order chi connectivity index (χ0) is 31.5. The van der Waals surface area contributed by atoms with E-state index >= 15 is 0 Å². The normalized spacial score (nSPS) is 45.0. The van der Waals surface area contributed by atoms with E-state index in [9.17, 15) is 45.6 Å². The zero-order valence-electron chi connectivity index (χ0n) is 24.4. The predicted octanol–water partition coefficient (Wildman–Crippen LogP) is -4.04. The van der Waals surface area contributed by atoms with Crippen molar-refractivity contribution < 1.29 is 74.1 Å². The van der Waals surface area contributed by atoms with Gasteiger partial charge in [-0.15, -0.1) is 0 Å². The molecule has 3 aliphatic heterocycles. The Balaban J connectivity index is 1.98. The van der Waals surface area contributed by atoms with Gasteiger partial charge >= 0.3 is 0 Å². The van der Waals surface area contributed by atoms with Crippen molar-refractivity contribution in [3.05, 3.63) is 0 Å². The van der Waals surface area contributed by atoms with Gasteiger partial charge in [0.15, 0.2) is 18.9 Å². The molecule has 0 unspecified atom stereocenters. The van der Waals surface area contributed by atoms with Crippen molar-refractivity contribution in [2.45, 2.75) is 132 Å². The van der Waals surface area contributed by atoms with Crippen LogP contribution in [-0.4, -0.2) is 167 Å². The van der Waals surface area contributed by atoms with Gasteiger partial charge < -0.3 is 74.6 Å². The van der Waals surface area contributed by atoms with Crippen LogP contribution in [0.5, 0.6) is 0 Å². The molecule has 3 aliphatic rings. The third kappa shape index (κ3) is 8.43. The summed E-state index contributed by atoms with van der Waals surface area (Å²) < 4.78 is 35.2. The molecule has 3 rings (SSSR count). The molecule has 15 atom stereocenters. The largest absolute Gasteiger partial charge is 0.394 e. The number of amides is 1. The number of rotatable bonds is 11. The van der Waals surface area contributed by atoms with Gasteiger partial charge in [0.2, 0.25) is 5.91 Å². The van der Waals surface area contributed by atoms with Crippen molar-refractivity contribution in [3.63, 3.8) is 0 Å². The molecule has 0 spiro atoms. The summed E-state index contributed by atoms with van der Waals surface area (Å²) in [6.45, 7) is 7.92. The van der Waals surface area contributed by atoms with Crippen LogP contribution in [-0.2, 0) is 33.2 Å². The fourth-order valence-electron chi connectivity index (χ4n) is 5.00. The van der Waals surface area contributed by atoms with E-state index in [0.29, 0.717) is 0 Å². The summed E-state index contributed by atoms with van der Waals surface area (Å²) in [6.07, 6.45) is -20.9. The summed E-state index contributed by atoms with van der Waals surface area (Å²) in [7, 11) is -1.56. The average Bonchev–Trinajstić information content (AvgIpc) is 2.92. The first kappa shape index (κ1) is 35.6. The number of nitrogens with one attached hydrogen (secondary N) is 1. The number of carbonyl (C=O) groups excluding carboxylic acids is 1. The maximum atomic E-state index is 12.3. The van der Waals surface area contributed by atoms with Crippen LogP contribution in [0.15, 0.2) is 0 Å². The molecule has 0 saturated carbocycles. The fourth-order valence-corrected chi connectivity index (χ4v) is 5.73. The number of hydrogen-bond acceptors (Lipinski definition) is 15. The topological polar surface area (TPSA) is 246 Å². The van der Waals surface area contributed by atoms with Gasteiger partial charge in [-0.3, -0.25) is 4.79 Å². The van der Waals surface area contributed by atoms with E-state index in [0.717, 1.165) is 6.04 Å². The Hall–Kier alpha value is -0.873. The second kappa shape index (κ2) is 14.9. The van der Waals surface area contributed by atoms with E-state index in [1.165, 1.54) is 13.8 Å². The van der Waals surface area contributed by atoms with Gasteiger partial charge in [0, 0.05) is 21.6 Å². The number of aliphatic hydroxyl groups is 8. The van der Waals surface area contributed by atoms with Gasteiger partial charge in [-0.2, -0.15) is 0 Å². The Labute approximate surface area is 245 Å². The minimum Gasteiger partial charge on any atom is -0.394 e. The molecular formula is C25H47NO15Si. The Morgan fingerprint density at radius 3 is 1.81 bits per heavy atom. The summed E-state index contributed by atoms with van der Waals surface area (Å²) in [5, 5.41) is 84.8. The Morgan fingerprint density at radius 2 is 1.26 bits per heavy atom. The molecule has 0 aromatic rings. The number of aliphatic hydroxyl groups excluding tert-OH is 8. The fraction of sp³-hybridized carbons (Fsp3) is 0.960. The monoisotopic (exact) mass is 629 g/mol. The molecule has 17 heteroatoms. The van der Waals surface area contributed by atoms with Crippen LogP contribution in [0.2, 0.25) is 25.7 Å². The highest BCUT2D eigenvalue weighted by molar-refractivity contribution is 6.76. The molecule has 246 valence electrons. The molecule has 0 aromatic carbocycles. The molecule has 0 bridgehead atoms. The summed E-state index contributed by atoms with van der Waals surface area (Å²) in [5.74, 6) is -0.529. The third-order valence-corrected chi connectivity index (χ3v) is 9.27.